The molecule has 0 aliphatic heterocycles. The summed E-state index contributed by atoms with van der Waals surface area (Å²) in [7, 11) is 1.68. The van der Waals surface area contributed by atoms with Gasteiger partial charge in [-0.15, -0.1) is 0 Å². The minimum absolute atomic E-state index is 0.0526. The van der Waals surface area contributed by atoms with E-state index >= 15 is 0 Å². The Kier molecular flexibility index (Phi) is 5.09. The molecule has 1 atom stereocenters. The number of para-hydroxylation sites is 1. The van der Waals surface area contributed by atoms with Gasteiger partial charge < -0.3 is 14.4 Å². The van der Waals surface area contributed by atoms with Gasteiger partial charge in [0.25, 0.3) is 0 Å². The van der Waals surface area contributed by atoms with Crippen LogP contribution >= 0.6 is 0 Å². The summed E-state index contributed by atoms with van der Waals surface area (Å²) in [6.07, 6.45) is -0.0526. The second-order valence-electron chi connectivity index (χ2n) is 4.97. The van der Waals surface area contributed by atoms with Gasteiger partial charge in [0.1, 0.15) is 11.5 Å². The first kappa shape index (κ1) is 15.2. The van der Waals surface area contributed by atoms with Crippen molar-refractivity contribution in [3.05, 3.63) is 54.1 Å². The zero-order chi connectivity index (χ0) is 15.2. The highest BCUT2D eigenvalue weighted by atomic mass is 16.5. The lowest BCUT2D eigenvalue weighted by molar-refractivity contribution is 0.214. The van der Waals surface area contributed by atoms with E-state index in [1.807, 2.05) is 36.4 Å². The van der Waals surface area contributed by atoms with Crippen molar-refractivity contribution in [2.75, 3.05) is 18.6 Å². The number of aryl methyl sites for hydroxylation is 1. The van der Waals surface area contributed by atoms with Crippen LogP contribution in [-0.4, -0.2) is 19.9 Å². The van der Waals surface area contributed by atoms with Crippen molar-refractivity contribution in [1.29, 1.82) is 0 Å². The maximum Gasteiger partial charge on any atom is 0.169 e. The van der Waals surface area contributed by atoms with E-state index in [2.05, 4.69) is 37.8 Å². The molecule has 2 rings (SSSR count). The van der Waals surface area contributed by atoms with Crippen molar-refractivity contribution < 1.29 is 9.47 Å². The number of anilines is 1. The van der Waals surface area contributed by atoms with Gasteiger partial charge in [0.05, 0.1) is 7.11 Å². The average Bonchev–Trinajstić information content (AvgIpc) is 2.50. The summed E-state index contributed by atoms with van der Waals surface area (Å²) >= 11 is 0. The van der Waals surface area contributed by atoms with Gasteiger partial charge in [0, 0.05) is 18.3 Å². The first-order valence-corrected chi connectivity index (χ1v) is 7.28. The molecule has 0 aliphatic rings. The van der Waals surface area contributed by atoms with Crippen LogP contribution in [0.2, 0.25) is 0 Å². The molecule has 0 spiro atoms. The maximum atomic E-state index is 6.11. The fourth-order valence-corrected chi connectivity index (χ4v) is 2.37. The van der Waals surface area contributed by atoms with Crippen molar-refractivity contribution in [3.8, 4) is 11.5 Å². The molecule has 0 radical (unpaired) electrons. The van der Waals surface area contributed by atoms with Gasteiger partial charge in [0.15, 0.2) is 6.23 Å². The molecule has 0 heterocycles. The lowest BCUT2D eigenvalue weighted by atomic mass is 10.2. The molecule has 0 fully saturated rings. The summed E-state index contributed by atoms with van der Waals surface area (Å²) in [6, 6.07) is 16.1. The molecule has 0 aliphatic carbocycles. The Morgan fingerprint density at radius 1 is 1.10 bits per heavy atom. The Hall–Kier alpha value is -2.16. The molecule has 2 aromatic rings. The van der Waals surface area contributed by atoms with Crippen LogP contribution in [-0.2, 0) is 0 Å². The molecule has 112 valence electrons. The van der Waals surface area contributed by atoms with Crippen molar-refractivity contribution in [2.45, 2.75) is 27.0 Å². The molecule has 1 unspecified atom stereocenters. The molecule has 0 saturated carbocycles. The van der Waals surface area contributed by atoms with Crippen molar-refractivity contribution in [1.82, 2.24) is 0 Å². The van der Waals surface area contributed by atoms with Crippen LogP contribution in [0.4, 0.5) is 5.69 Å². The van der Waals surface area contributed by atoms with E-state index in [-0.39, 0.29) is 6.23 Å². The van der Waals surface area contributed by atoms with E-state index in [9.17, 15) is 0 Å². The van der Waals surface area contributed by atoms with Gasteiger partial charge in [-0.1, -0.05) is 24.3 Å². The summed E-state index contributed by atoms with van der Waals surface area (Å²) in [6.45, 7) is 7.11. The number of hydrogen-bond acceptors (Lipinski definition) is 3. The minimum atomic E-state index is -0.0526. The Morgan fingerprint density at radius 3 is 2.52 bits per heavy atom. The Balaban J connectivity index is 2.18. The topological polar surface area (TPSA) is 21.7 Å². The van der Waals surface area contributed by atoms with Gasteiger partial charge >= 0.3 is 0 Å². The van der Waals surface area contributed by atoms with E-state index in [0.29, 0.717) is 0 Å². The largest absolute Gasteiger partial charge is 0.497 e. The normalized spacial score (nSPS) is 11.8. The first-order chi connectivity index (χ1) is 10.2. The Morgan fingerprint density at radius 2 is 1.86 bits per heavy atom. The highest BCUT2D eigenvalue weighted by Gasteiger charge is 2.15. The SMILES string of the molecule is CCN(c1cccc(OC)c1)C(C)Oc1ccccc1C. The summed E-state index contributed by atoms with van der Waals surface area (Å²) in [5.74, 6) is 1.78. The second-order valence-corrected chi connectivity index (χ2v) is 4.97. The third kappa shape index (κ3) is 3.69. The molecule has 0 aromatic heterocycles. The van der Waals surface area contributed by atoms with E-state index in [0.717, 1.165) is 29.3 Å². The molecule has 3 heteroatoms. The summed E-state index contributed by atoms with van der Waals surface area (Å²) in [4.78, 5) is 2.20. The Labute approximate surface area is 127 Å². The van der Waals surface area contributed by atoms with Crippen LogP contribution in [0.3, 0.4) is 0 Å². The summed E-state index contributed by atoms with van der Waals surface area (Å²) in [5.41, 5.74) is 2.24. The van der Waals surface area contributed by atoms with Gasteiger partial charge in [-0.3, -0.25) is 0 Å². The number of rotatable bonds is 6. The van der Waals surface area contributed by atoms with Crippen LogP contribution in [0.15, 0.2) is 48.5 Å². The van der Waals surface area contributed by atoms with Crippen LogP contribution in [0.25, 0.3) is 0 Å². The molecule has 2 aromatic carbocycles. The van der Waals surface area contributed by atoms with Crippen LogP contribution in [0, 0.1) is 6.92 Å². The maximum absolute atomic E-state index is 6.11. The Bertz CT molecular complexity index is 583. The molecular formula is C18H23NO2. The molecule has 3 nitrogen and oxygen atoms in total. The number of methoxy groups -OCH3 is 1. The number of nitrogens with zero attached hydrogens (tertiary/aromatic N) is 1. The quantitative estimate of drug-likeness (QED) is 0.740. The predicted octanol–water partition coefficient (Wildman–Crippen LogP) is 4.25. The van der Waals surface area contributed by atoms with E-state index in [1.165, 1.54) is 0 Å². The molecule has 0 saturated heterocycles. The van der Waals surface area contributed by atoms with Crippen molar-refractivity contribution in [2.24, 2.45) is 0 Å². The second kappa shape index (κ2) is 7.02. The standard InChI is InChI=1S/C18H23NO2/c1-5-19(16-10-8-11-17(13-16)20-4)15(3)21-18-12-7-6-9-14(18)2/h6-13,15H,5H2,1-4H3. The van der Waals surface area contributed by atoms with Gasteiger partial charge in [-0.05, 0) is 44.5 Å². The van der Waals surface area contributed by atoms with Gasteiger partial charge in [-0.2, -0.15) is 0 Å². The monoisotopic (exact) mass is 285 g/mol. The third-order valence-corrected chi connectivity index (χ3v) is 3.56. The highest BCUT2D eigenvalue weighted by molar-refractivity contribution is 5.51. The molecule has 0 N–H and O–H groups in total. The summed E-state index contributed by atoms with van der Waals surface area (Å²) in [5, 5.41) is 0. The fraction of sp³-hybridized carbons (Fsp3) is 0.333. The molecular weight excluding hydrogens is 262 g/mol. The van der Waals surface area contributed by atoms with Crippen LogP contribution < -0.4 is 14.4 Å². The first-order valence-electron chi connectivity index (χ1n) is 7.28. The molecule has 0 amide bonds. The van der Waals surface area contributed by atoms with E-state index < -0.39 is 0 Å². The van der Waals surface area contributed by atoms with Crippen LogP contribution in [0.1, 0.15) is 19.4 Å². The molecule has 21 heavy (non-hydrogen) atoms. The van der Waals surface area contributed by atoms with Crippen molar-refractivity contribution in [3.63, 3.8) is 0 Å². The van der Waals surface area contributed by atoms with Crippen LogP contribution in [0.5, 0.6) is 11.5 Å². The zero-order valence-electron chi connectivity index (χ0n) is 13.2. The summed E-state index contributed by atoms with van der Waals surface area (Å²) < 4.78 is 11.4. The van der Waals surface area contributed by atoms with E-state index in [1.54, 1.807) is 7.11 Å². The number of benzene rings is 2. The molecule has 0 bridgehead atoms. The number of hydrogen-bond donors (Lipinski definition) is 0. The van der Waals surface area contributed by atoms with Gasteiger partial charge in [0.2, 0.25) is 0 Å². The lowest BCUT2D eigenvalue weighted by Crippen LogP contribution is -2.37. The lowest BCUT2D eigenvalue weighted by Gasteiger charge is -2.31. The minimum Gasteiger partial charge on any atom is -0.497 e. The van der Waals surface area contributed by atoms with Gasteiger partial charge in [-0.25, -0.2) is 0 Å². The zero-order valence-corrected chi connectivity index (χ0v) is 13.2. The van der Waals surface area contributed by atoms with Crippen molar-refractivity contribution >= 4 is 5.69 Å². The predicted molar refractivity (Wildman–Crippen MR) is 87.3 cm³/mol. The average molecular weight is 285 g/mol. The fourth-order valence-electron chi connectivity index (χ4n) is 2.37. The smallest absolute Gasteiger partial charge is 0.169 e. The highest BCUT2D eigenvalue weighted by Crippen LogP contribution is 2.25. The third-order valence-electron chi connectivity index (χ3n) is 3.56. The van der Waals surface area contributed by atoms with E-state index in [4.69, 9.17) is 9.47 Å². The number of ether oxygens (including phenoxy) is 2.